The molecule has 138 valence electrons. The van der Waals surface area contributed by atoms with Crippen molar-refractivity contribution in [2.24, 2.45) is 0 Å². The molecule has 0 spiro atoms. The topological polar surface area (TPSA) is 101 Å². The molecule has 0 unspecified atom stereocenters. The van der Waals surface area contributed by atoms with Crippen LogP contribution < -0.4 is 10.6 Å². The number of ether oxygens (including phenoxy) is 1. The lowest BCUT2D eigenvalue weighted by Gasteiger charge is -2.23. The number of aromatic hydroxyl groups is 1. The highest BCUT2D eigenvalue weighted by Crippen LogP contribution is 2.13. The van der Waals surface area contributed by atoms with Crippen LogP contribution in [0.3, 0.4) is 0 Å². The van der Waals surface area contributed by atoms with Gasteiger partial charge in [-0.3, -0.25) is 9.78 Å². The number of anilines is 1. The number of pyridine rings is 1. The predicted molar refractivity (Wildman–Crippen MR) is 97.8 cm³/mol. The molecule has 2 rings (SSSR count). The third kappa shape index (κ3) is 6.43. The molecule has 0 saturated carbocycles. The summed E-state index contributed by atoms with van der Waals surface area (Å²) in [5.41, 5.74) is 0.636. The first-order valence-corrected chi connectivity index (χ1v) is 8.21. The third-order valence-corrected chi connectivity index (χ3v) is 3.31. The van der Waals surface area contributed by atoms with Crippen molar-refractivity contribution in [1.29, 1.82) is 0 Å². The van der Waals surface area contributed by atoms with E-state index in [1.807, 2.05) is 0 Å². The van der Waals surface area contributed by atoms with E-state index in [1.54, 1.807) is 51.2 Å². The number of alkyl carbamates (subject to hydrolysis) is 1. The number of phenols is 1. The van der Waals surface area contributed by atoms with E-state index in [0.29, 0.717) is 5.69 Å². The first-order valence-electron chi connectivity index (χ1n) is 8.21. The maximum absolute atomic E-state index is 12.6. The Kier molecular flexibility index (Phi) is 6.16. The Labute approximate surface area is 152 Å². The Bertz CT molecular complexity index is 740. The van der Waals surface area contributed by atoms with Gasteiger partial charge < -0.3 is 20.5 Å². The van der Waals surface area contributed by atoms with Gasteiger partial charge >= 0.3 is 6.09 Å². The van der Waals surface area contributed by atoms with Crippen molar-refractivity contribution in [3.8, 4) is 5.75 Å². The summed E-state index contributed by atoms with van der Waals surface area (Å²) < 4.78 is 5.24. The molecule has 26 heavy (non-hydrogen) atoms. The van der Waals surface area contributed by atoms with Crippen LogP contribution in [0.1, 0.15) is 26.3 Å². The van der Waals surface area contributed by atoms with E-state index in [0.717, 1.165) is 5.56 Å². The predicted octanol–water partition coefficient (Wildman–Crippen LogP) is 2.86. The number of hydrogen-bond acceptors (Lipinski definition) is 5. The molecule has 3 N–H and O–H groups in total. The fourth-order valence-electron chi connectivity index (χ4n) is 2.19. The summed E-state index contributed by atoms with van der Waals surface area (Å²) in [6, 6.07) is 8.99. The standard InChI is InChI=1S/C19H23N3O4/c1-19(2,3)26-18(25)22-16(11-13-6-8-15(23)9-7-13)17(24)21-14-5-4-10-20-12-14/h4-10,12,16,23H,11H2,1-3H3,(H,21,24)(H,22,25)/t16-/m0/s1. The van der Waals surface area contributed by atoms with E-state index < -0.39 is 23.6 Å². The number of phenolic OH excluding ortho intramolecular Hbond substituents is 1. The van der Waals surface area contributed by atoms with Gasteiger partial charge in [0.25, 0.3) is 0 Å². The Morgan fingerprint density at radius 1 is 1.19 bits per heavy atom. The van der Waals surface area contributed by atoms with Gasteiger partial charge in [0.05, 0.1) is 11.9 Å². The minimum absolute atomic E-state index is 0.130. The summed E-state index contributed by atoms with van der Waals surface area (Å²) in [5, 5.41) is 14.7. The van der Waals surface area contributed by atoms with E-state index in [1.165, 1.54) is 18.3 Å². The number of rotatable bonds is 5. The largest absolute Gasteiger partial charge is 0.508 e. The van der Waals surface area contributed by atoms with Crippen LogP contribution in [0.5, 0.6) is 5.75 Å². The zero-order valence-electron chi connectivity index (χ0n) is 15.0. The van der Waals surface area contributed by atoms with E-state index in [2.05, 4.69) is 15.6 Å². The molecule has 0 radical (unpaired) electrons. The minimum atomic E-state index is -0.852. The highest BCUT2D eigenvalue weighted by molar-refractivity contribution is 5.96. The van der Waals surface area contributed by atoms with Gasteiger partial charge in [-0.2, -0.15) is 0 Å². The maximum atomic E-state index is 12.6. The smallest absolute Gasteiger partial charge is 0.408 e. The van der Waals surface area contributed by atoms with Crippen LogP contribution in [0, 0.1) is 0 Å². The zero-order valence-corrected chi connectivity index (χ0v) is 15.0. The molecule has 1 aromatic heterocycles. The fourth-order valence-corrected chi connectivity index (χ4v) is 2.19. The molecule has 0 aliphatic carbocycles. The summed E-state index contributed by atoms with van der Waals surface area (Å²) in [4.78, 5) is 28.7. The van der Waals surface area contributed by atoms with Crippen LogP contribution in [0.2, 0.25) is 0 Å². The van der Waals surface area contributed by atoms with Gasteiger partial charge in [-0.1, -0.05) is 12.1 Å². The molecular weight excluding hydrogens is 334 g/mol. The number of aromatic nitrogens is 1. The van der Waals surface area contributed by atoms with Crippen molar-refractivity contribution in [1.82, 2.24) is 10.3 Å². The van der Waals surface area contributed by atoms with Crippen molar-refractivity contribution >= 4 is 17.7 Å². The Morgan fingerprint density at radius 2 is 1.88 bits per heavy atom. The van der Waals surface area contributed by atoms with Gasteiger partial charge in [0.2, 0.25) is 5.91 Å². The second-order valence-electron chi connectivity index (χ2n) is 6.80. The van der Waals surface area contributed by atoms with Crippen LogP contribution in [0.4, 0.5) is 10.5 Å². The lowest BCUT2D eigenvalue weighted by molar-refractivity contribution is -0.118. The summed E-state index contributed by atoms with van der Waals surface area (Å²) in [7, 11) is 0. The van der Waals surface area contributed by atoms with Crippen molar-refractivity contribution in [3.05, 3.63) is 54.4 Å². The first kappa shape index (κ1) is 19.2. The normalized spacial score (nSPS) is 12.1. The van der Waals surface area contributed by atoms with Crippen molar-refractivity contribution in [2.75, 3.05) is 5.32 Å². The highest BCUT2D eigenvalue weighted by atomic mass is 16.6. The average Bonchev–Trinajstić information content (AvgIpc) is 2.55. The molecule has 0 fully saturated rings. The molecule has 0 saturated heterocycles. The van der Waals surface area contributed by atoms with E-state index in [-0.39, 0.29) is 12.2 Å². The maximum Gasteiger partial charge on any atom is 0.408 e. The van der Waals surface area contributed by atoms with Crippen molar-refractivity contribution < 1.29 is 19.4 Å². The summed E-state index contributed by atoms with van der Waals surface area (Å²) in [5.74, 6) is -0.262. The second kappa shape index (κ2) is 8.33. The number of hydrogen-bond donors (Lipinski definition) is 3. The number of carbonyl (C=O) groups excluding carboxylic acids is 2. The van der Waals surface area contributed by atoms with Gasteiger partial charge in [-0.05, 0) is 50.6 Å². The number of amides is 2. The van der Waals surface area contributed by atoms with Crippen LogP contribution in [-0.2, 0) is 16.0 Å². The number of nitrogens with zero attached hydrogens (tertiary/aromatic N) is 1. The second-order valence-corrected chi connectivity index (χ2v) is 6.80. The van der Waals surface area contributed by atoms with Crippen molar-refractivity contribution in [3.63, 3.8) is 0 Å². The summed E-state index contributed by atoms with van der Waals surface area (Å²) >= 11 is 0. The van der Waals surface area contributed by atoms with E-state index in [9.17, 15) is 14.7 Å². The van der Waals surface area contributed by atoms with Crippen LogP contribution in [0.15, 0.2) is 48.8 Å². The Balaban J connectivity index is 2.12. The number of benzene rings is 1. The molecule has 7 nitrogen and oxygen atoms in total. The Hall–Kier alpha value is -3.09. The molecule has 1 atom stereocenters. The zero-order chi connectivity index (χ0) is 19.2. The van der Waals surface area contributed by atoms with Gasteiger partial charge in [0.15, 0.2) is 0 Å². The molecule has 2 aromatic rings. The van der Waals surface area contributed by atoms with E-state index >= 15 is 0 Å². The van der Waals surface area contributed by atoms with Gasteiger partial charge in [-0.15, -0.1) is 0 Å². The highest BCUT2D eigenvalue weighted by Gasteiger charge is 2.25. The first-order chi connectivity index (χ1) is 12.2. The van der Waals surface area contributed by atoms with E-state index in [4.69, 9.17) is 4.74 Å². The molecule has 1 heterocycles. The van der Waals surface area contributed by atoms with Crippen LogP contribution in [-0.4, -0.2) is 33.7 Å². The van der Waals surface area contributed by atoms with Gasteiger partial charge in [0, 0.05) is 12.6 Å². The molecular formula is C19H23N3O4. The monoisotopic (exact) mass is 357 g/mol. The summed E-state index contributed by atoms with van der Waals surface area (Å²) in [6.45, 7) is 5.24. The van der Waals surface area contributed by atoms with Gasteiger partial charge in [0.1, 0.15) is 17.4 Å². The summed E-state index contributed by atoms with van der Waals surface area (Å²) in [6.07, 6.45) is 2.68. The lowest BCUT2D eigenvalue weighted by Crippen LogP contribution is -2.47. The molecule has 1 aromatic carbocycles. The fraction of sp³-hybridized carbons (Fsp3) is 0.316. The molecule has 0 aliphatic rings. The minimum Gasteiger partial charge on any atom is -0.508 e. The van der Waals surface area contributed by atoms with Crippen LogP contribution in [0.25, 0.3) is 0 Å². The average molecular weight is 357 g/mol. The van der Waals surface area contributed by atoms with Crippen molar-refractivity contribution in [2.45, 2.75) is 38.8 Å². The third-order valence-electron chi connectivity index (χ3n) is 3.31. The lowest BCUT2D eigenvalue weighted by atomic mass is 10.1. The SMILES string of the molecule is CC(C)(C)OC(=O)N[C@@H](Cc1ccc(O)cc1)C(=O)Nc1cccnc1. The molecule has 0 bridgehead atoms. The molecule has 2 amide bonds. The quantitative estimate of drug-likeness (QED) is 0.764. The Morgan fingerprint density at radius 3 is 2.46 bits per heavy atom. The van der Waals surface area contributed by atoms with Crippen LogP contribution >= 0.6 is 0 Å². The number of nitrogens with one attached hydrogen (secondary N) is 2. The molecule has 0 aliphatic heterocycles. The van der Waals surface area contributed by atoms with Gasteiger partial charge in [-0.25, -0.2) is 4.79 Å². The molecule has 7 heteroatoms. The number of carbonyl (C=O) groups is 2.